The SMILES string of the molecule is CC(C)c1ccc(S(=O)(=O)N(C)C(C)c2nc3ccccc3c(=O)n2-c2ccc(OCc3ccccc3)cc2)cc1. The maximum absolute atomic E-state index is 13.8. The van der Waals surface area contributed by atoms with Crippen molar-refractivity contribution in [2.75, 3.05) is 7.05 Å². The Morgan fingerprint density at radius 2 is 1.46 bits per heavy atom. The van der Waals surface area contributed by atoms with Crippen molar-refractivity contribution < 1.29 is 13.2 Å². The topological polar surface area (TPSA) is 81.5 Å². The molecule has 1 heterocycles. The third-order valence-electron chi connectivity index (χ3n) is 7.29. The molecule has 0 radical (unpaired) electrons. The number of rotatable bonds is 9. The molecular weight excluding hydrogens is 534 g/mol. The lowest BCUT2D eigenvalue weighted by Gasteiger charge is -2.26. The highest BCUT2D eigenvalue weighted by molar-refractivity contribution is 7.89. The molecule has 5 aromatic rings. The van der Waals surface area contributed by atoms with E-state index >= 15 is 0 Å². The van der Waals surface area contributed by atoms with Crippen LogP contribution < -0.4 is 10.3 Å². The van der Waals surface area contributed by atoms with Crippen LogP contribution in [0.4, 0.5) is 0 Å². The van der Waals surface area contributed by atoms with E-state index in [1.165, 1.54) is 15.9 Å². The van der Waals surface area contributed by atoms with E-state index in [2.05, 4.69) is 13.8 Å². The highest BCUT2D eigenvalue weighted by atomic mass is 32.2. The fourth-order valence-corrected chi connectivity index (χ4v) is 6.00. The molecule has 0 saturated heterocycles. The summed E-state index contributed by atoms with van der Waals surface area (Å²) in [5, 5.41) is 0.447. The van der Waals surface area contributed by atoms with Crippen LogP contribution in [-0.4, -0.2) is 29.3 Å². The Bertz CT molecular complexity index is 1820. The molecule has 8 heteroatoms. The standard InChI is InChI=1S/C33H33N3O4S/c1-23(2)26-14-20-29(21-15-26)41(38,39)35(4)24(3)32-34-31-13-9-8-12-30(31)33(37)36(32)27-16-18-28(19-17-27)40-22-25-10-6-5-7-11-25/h5-21,23-24H,22H2,1-4H3. The Morgan fingerprint density at radius 1 is 0.829 bits per heavy atom. The van der Waals surface area contributed by atoms with Gasteiger partial charge in [0.2, 0.25) is 10.0 Å². The Hall–Kier alpha value is -4.27. The number of fused-ring (bicyclic) bond motifs is 1. The van der Waals surface area contributed by atoms with Gasteiger partial charge < -0.3 is 4.74 Å². The maximum Gasteiger partial charge on any atom is 0.266 e. The molecule has 0 aliphatic heterocycles. The second-order valence-corrected chi connectivity index (χ2v) is 12.3. The third kappa shape index (κ3) is 5.80. The normalized spacial score (nSPS) is 12.6. The van der Waals surface area contributed by atoms with Crippen LogP contribution in [0.15, 0.2) is 113 Å². The number of nitrogens with zero attached hydrogens (tertiary/aromatic N) is 3. The van der Waals surface area contributed by atoms with Gasteiger partial charge in [-0.15, -0.1) is 0 Å². The van der Waals surface area contributed by atoms with Gasteiger partial charge in [-0.05, 0) is 72.5 Å². The molecule has 0 fully saturated rings. The van der Waals surface area contributed by atoms with E-state index in [-0.39, 0.29) is 16.4 Å². The van der Waals surface area contributed by atoms with Gasteiger partial charge in [0.15, 0.2) is 0 Å². The van der Waals surface area contributed by atoms with Crippen LogP contribution in [-0.2, 0) is 16.6 Å². The molecule has 5 rings (SSSR count). The third-order valence-corrected chi connectivity index (χ3v) is 9.23. The second-order valence-electron chi connectivity index (χ2n) is 10.3. The van der Waals surface area contributed by atoms with Gasteiger partial charge in [-0.3, -0.25) is 9.36 Å². The monoisotopic (exact) mass is 567 g/mol. The van der Waals surface area contributed by atoms with Gasteiger partial charge in [0.25, 0.3) is 5.56 Å². The molecule has 210 valence electrons. The Morgan fingerprint density at radius 3 is 2.12 bits per heavy atom. The molecule has 0 aliphatic rings. The molecule has 7 nitrogen and oxygen atoms in total. The molecule has 1 atom stereocenters. The Balaban J connectivity index is 1.52. The molecule has 0 saturated carbocycles. The van der Waals surface area contributed by atoms with E-state index in [4.69, 9.17) is 9.72 Å². The summed E-state index contributed by atoms with van der Waals surface area (Å²) in [5.41, 5.74) is 2.90. The van der Waals surface area contributed by atoms with Crippen molar-refractivity contribution >= 4 is 20.9 Å². The number of hydrogen-bond acceptors (Lipinski definition) is 5. The molecular formula is C33H33N3O4S. The lowest BCUT2D eigenvalue weighted by molar-refractivity contribution is 0.306. The fourth-order valence-electron chi connectivity index (χ4n) is 4.67. The minimum absolute atomic E-state index is 0.186. The first-order chi connectivity index (χ1) is 19.7. The Labute approximate surface area is 240 Å². The zero-order valence-corrected chi connectivity index (χ0v) is 24.4. The van der Waals surface area contributed by atoms with E-state index < -0.39 is 16.1 Å². The Kier molecular flexibility index (Phi) is 8.06. The summed E-state index contributed by atoms with van der Waals surface area (Å²) in [7, 11) is -2.36. The minimum Gasteiger partial charge on any atom is -0.489 e. The maximum atomic E-state index is 13.8. The minimum atomic E-state index is -3.88. The first kappa shape index (κ1) is 28.3. The summed E-state index contributed by atoms with van der Waals surface area (Å²) < 4.78 is 36.0. The molecule has 0 N–H and O–H groups in total. The summed E-state index contributed by atoms with van der Waals surface area (Å²) in [5.74, 6) is 1.25. The lowest BCUT2D eigenvalue weighted by atomic mass is 10.0. The summed E-state index contributed by atoms with van der Waals surface area (Å²) in [6, 6.07) is 30.3. The van der Waals surface area contributed by atoms with E-state index in [1.54, 1.807) is 61.5 Å². The molecule has 0 amide bonds. The van der Waals surface area contributed by atoms with Gasteiger partial charge in [-0.1, -0.05) is 68.4 Å². The largest absolute Gasteiger partial charge is 0.489 e. The quantitative estimate of drug-likeness (QED) is 0.204. The zero-order chi connectivity index (χ0) is 29.1. The van der Waals surface area contributed by atoms with Crippen molar-refractivity contribution in [3.8, 4) is 11.4 Å². The molecule has 41 heavy (non-hydrogen) atoms. The zero-order valence-electron chi connectivity index (χ0n) is 23.6. The van der Waals surface area contributed by atoms with E-state index in [1.807, 2.05) is 48.5 Å². The predicted molar refractivity (Wildman–Crippen MR) is 162 cm³/mol. The van der Waals surface area contributed by atoms with E-state index in [0.717, 1.165) is 11.1 Å². The summed E-state index contributed by atoms with van der Waals surface area (Å²) in [4.78, 5) is 18.8. The van der Waals surface area contributed by atoms with Crippen molar-refractivity contribution in [3.05, 3.63) is 130 Å². The van der Waals surface area contributed by atoms with Crippen LogP contribution in [0.2, 0.25) is 0 Å². The van der Waals surface area contributed by atoms with Crippen LogP contribution in [0.1, 0.15) is 49.7 Å². The van der Waals surface area contributed by atoms with Gasteiger partial charge in [-0.25, -0.2) is 13.4 Å². The van der Waals surface area contributed by atoms with Crippen molar-refractivity contribution in [1.82, 2.24) is 13.9 Å². The van der Waals surface area contributed by atoms with Crippen LogP contribution in [0, 0.1) is 0 Å². The first-order valence-electron chi connectivity index (χ1n) is 13.5. The highest BCUT2D eigenvalue weighted by Gasteiger charge is 2.30. The fraction of sp³-hybridized carbons (Fsp3) is 0.212. The number of aromatic nitrogens is 2. The second kappa shape index (κ2) is 11.7. The number of hydrogen-bond donors (Lipinski definition) is 0. The molecule has 0 bridgehead atoms. The number of para-hydroxylation sites is 1. The summed E-state index contributed by atoms with van der Waals surface area (Å²) in [6.07, 6.45) is 0. The van der Waals surface area contributed by atoms with Crippen LogP contribution in [0.3, 0.4) is 0 Å². The van der Waals surface area contributed by atoms with E-state index in [0.29, 0.717) is 34.8 Å². The van der Waals surface area contributed by atoms with Crippen molar-refractivity contribution in [2.45, 2.75) is 44.2 Å². The van der Waals surface area contributed by atoms with Crippen LogP contribution >= 0.6 is 0 Å². The number of sulfonamides is 1. The molecule has 4 aromatic carbocycles. The van der Waals surface area contributed by atoms with Crippen LogP contribution in [0.5, 0.6) is 5.75 Å². The first-order valence-corrected chi connectivity index (χ1v) is 15.0. The van der Waals surface area contributed by atoms with Gasteiger partial charge in [0.1, 0.15) is 18.2 Å². The van der Waals surface area contributed by atoms with Crippen molar-refractivity contribution in [1.29, 1.82) is 0 Å². The van der Waals surface area contributed by atoms with Gasteiger partial charge in [0, 0.05) is 7.05 Å². The predicted octanol–water partition coefficient (Wildman–Crippen LogP) is 6.47. The smallest absolute Gasteiger partial charge is 0.266 e. The summed E-state index contributed by atoms with van der Waals surface area (Å²) in [6.45, 7) is 6.28. The molecule has 1 unspecified atom stereocenters. The number of ether oxygens (including phenoxy) is 1. The van der Waals surface area contributed by atoms with Gasteiger partial charge >= 0.3 is 0 Å². The van der Waals surface area contributed by atoms with Crippen LogP contribution in [0.25, 0.3) is 16.6 Å². The highest BCUT2D eigenvalue weighted by Crippen LogP contribution is 2.28. The van der Waals surface area contributed by atoms with Gasteiger partial charge in [0.05, 0.1) is 27.5 Å². The summed E-state index contributed by atoms with van der Waals surface area (Å²) >= 11 is 0. The van der Waals surface area contributed by atoms with E-state index in [9.17, 15) is 13.2 Å². The number of benzene rings is 4. The van der Waals surface area contributed by atoms with Gasteiger partial charge in [-0.2, -0.15) is 4.31 Å². The molecule has 1 aromatic heterocycles. The molecule has 0 spiro atoms. The molecule has 0 aliphatic carbocycles. The average Bonchev–Trinajstić information content (AvgIpc) is 3.00. The average molecular weight is 568 g/mol. The van der Waals surface area contributed by atoms with Crippen molar-refractivity contribution in [2.24, 2.45) is 0 Å². The lowest BCUT2D eigenvalue weighted by Crippen LogP contribution is -2.35. The van der Waals surface area contributed by atoms with Crippen molar-refractivity contribution in [3.63, 3.8) is 0 Å².